The Kier molecular flexibility index (Phi) is 2.04. The molecule has 0 bridgehead atoms. The highest BCUT2D eigenvalue weighted by molar-refractivity contribution is 6.32. The van der Waals surface area contributed by atoms with Crippen LogP contribution < -0.4 is 9.47 Å². The lowest BCUT2D eigenvalue weighted by Crippen LogP contribution is -2.29. The van der Waals surface area contributed by atoms with Gasteiger partial charge >= 0.3 is 5.97 Å². The van der Waals surface area contributed by atoms with Gasteiger partial charge in [0.25, 0.3) is 0 Å². The van der Waals surface area contributed by atoms with E-state index in [1.807, 2.05) is 0 Å². The third-order valence-electron chi connectivity index (χ3n) is 1.96. The summed E-state index contributed by atoms with van der Waals surface area (Å²) in [5.41, 5.74) is 0.0834. The zero-order valence-corrected chi connectivity index (χ0v) is 8.96. The lowest BCUT2D eigenvalue weighted by Gasteiger charge is -2.16. The molecule has 0 aromatic heterocycles. The van der Waals surface area contributed by atoms with Gasteiger partial charge in [0.2, 0.25) is 5.79 Å². The number of aromatic carboxylic acids is 1. The lowest BCUT2D eigenvalue weighted by molar-refractivity contribution is -0.0431. The number of fused-ring (bicyclic) bond motifs is 1. The average Bonchev–Trinajstić information content (AvgIpc) is 2.39. The Morgan fingerprint density at radius 3 is 2.67 bits per heavy atom. The predicted octanol–water partition coefficient (Wildman–Crippen LogP) is 2.55. The molecule has 4 nitrogen and oxygen atoms in total. The summed E-state index contributed by atoms with van der Waals surface area (Å²) in [6.07, 6.45) is 0. The van der Waals surface area contributed by atoms with E-state index < -0.39 is 11.8 Å². The van der Waals surface area contributed by atoms with Crippen molar-refractivity contribution in [2.24, 2.45) is 0 Å². The average molecular weight is 229 g/mol. The summed E-state index contributed by atoms with van der Waals surface area (Å²) in [7, 11) is 0. The van der Waals surface area contributed by atoms with E-state index >= 15 is 0 Å². The molecule has 0 saturated carbocycles. The van der Waals surface area contributed by atoms with Gasteiger partial charge in [0.15, 0.2) is 11.5 Å². The lowest BCUT2D eigenvalue weighted by atomic mass is 10.2. The van der Waals surface area contributed by atoms with Crippen molar-refractivity contribution in [3.05, 3.63) is 22.7 Å². The molecule has 0 radical (unpaired) electrons. The first-order chi connectivity index (χ1) is 6.89. The van der Waals surface area contributed by atoms with Crippen molar-refractivity contribution in [1.82, 2.24) is 0 Å². The van der Waals surface area contributed by atoms with E-state index in [1.165, 1.54) is 12.1 Å². The number of ether oxygens (including phenoxy) is 2. The summed E-state index contributed by atoms with van der Waals surface area (Å²) in [6, 6.07) is 2.74. The molecule has 5 heteroatoms. The van der Waals surface area contributed by atoms with Crippen molar-refractivity contribution in [3.63, 3.8) is 0 Å². The number of hydrogen-bond donors (Lipinski definition) is 1. The van der Waals surface area contributed by atoms with E-state index in [0.717, 1.165) is 0 Å². The molecule has 2 rings (SSSR count). The summed E-state index contributed by atoms with van der Waals surface area (Å²) < 4.78 is 10.8. The smallest absolute Gasteiger partial charge is 0.335 e. The first-order valence-corrected chi connectivity index (χ1v) is 4.72. The first-order valence-electron chi connectivity index (χ1n) is 4.34. The minimum absolute atomic E-state index is 0.0834. The molecular formula is C10H9ClO4. The molecule has 15 heavy (non-hydrogen) atoms. The second-order valence-corrected chi connectivity index (χ2v) is 4.10. The quantitative estimate of drug-likeness (QED) is 0.803. The molecule has 0 atom stereocenters. The second kappa shape index (κ2) is 3.03. The monoisotopic (exact) mass is 228 g/mol. The van der Waals surface area contributed by atoms with Gasteiger partial charge in [0, 0.05) is 13.8 Å². The summed E-state index contributed by atoms with van der Waals surface area (Å²) in [5.74, 6) is -1.09. The van der Waals surface area contributed by atoms with E-state index in [0.29, 0.717) is 11.5 Å². The Bertz CT molecular complexity index is 439. The molecule has 0 aliphatic carbocycles. The second-order valence-electron chi connectivity index (χ2n) is 3.69. The Morgan fingerprint density at radius 1 is 1.40 bits per heavy atom. The maximum absolute atomic E-state index is 10.8. The van der Waals surface area contributed by atoms with E-state index in [-0.39, 0.29) is 10.6 Å². The molecule has 80 valence electrons. The van der Waals surface area contributed by atoms with E-state index in [4.69, 9.17) is 26.2 Å². The maximum atomic E-state index is 10.8. The molecule has 1 N–H and O–H groups in total. The van der Waals surface area contributed by atoms with Gasteiger partial charge in [-0.25, -0.2) is 4.79 Å². The third kappa shape index (κ3) is 1.72. The largest absolute Gasteiger partial charge is 0.478 e. The maximum Gasteiger partial charge on any atom is 0.335 e. The van der Waals surface area contributed by atoms with Crippen LogP contribution in [0.1, 0.15) is 24.2 Å². The van der Waals surface area contributed by atoms with Crippen molar-refractivity contribution >= 4 is 17.6 Å². The molecular weight excluding hydrogens is 220 g/mol. The summed E-state index contributed by atoms with van der Waals surface area (Å²) >= 11 is 5.88. The van der Waals surface area contributed by atoms with Crippen LogP contribution in [0.25, 0.3) is 0 Å². The van der Waals surface area contributed by atoms with Gasteiger partial charge in [-0.2, -0.15) is 0 Å². The Hall–Kier alpha value is -1.42. The number of carbonyl (C=O) groups is 1. The first kappa shape index (κ1) is 10.1. The fourth-order valence-electron chi connectivity index (χ4n) is 1.40. The van der Waals surface area contributed by atoms with Crippen molar-refractivity contribution < 1.29 is 19.4 Å². The van der Waals surface area contributed by atoms with Crippen molar-refractivity contribution in [2.45, 2.75) is 19.6 Å². The number of halogens is 1. The molecule has 0 saturated heterocycles. The molecule has 1 aromatic rings. The molecule has 1 aliphatic heterocycles. The Labute approximate surface area is 91.4 Å². The van der Waals surface area contributed by atoms with Gasteiger partial charge in [-0.1, -0.05) is 11.6 Å². The van der Waals surface area contributed by atoms with Crippen LogP contribution in [0.15, 0.2) is 12.1 Å². The summed E-state index contributed by atoms with van der Waals surface area (Å²) in [6.45, 7) is 3.45. The molecule has 0 unspecified atom stereocenters. The van der Waals surface area contributed by atoms with Crippen LogP contribution in [-0.2, 0) is 0 Å². The number of benzene rings is 1. The van der Waals surface area contributed by atoms with E-state index in [1.54, 1.807) is 13.8 Å². The number of rotatable bonds is 1. The normalized spacial score (nSPS) is 16.5. The van der Waals surface area contributed by atoms with Gasteiger partial charge in [-0.05, 0) is 12.1 Å². The highest BCUT2D eigenvalue weighted by Crippen LogP contribution is 2.44. The van der Waals surface area contributed by atoms with Crippen LogP contribution in [0.3, 0.4) is 0 Å². The third-order valence-corrected chi connectivity index (χ3v) is 2.24. The number of carboxylic acid groups (broad SMARTS) is 1. The van der Waals surface area contributed by atoms with Crippen molar-refractivity contribution in [3.8, 4) is 11.5 Å². The highest BCUT2D eigenvalue weighted by atomic mass is 35.5. The standard InChI is InChI=1S/C10H9ClO4/c1-10(2)14-7-4-5(9(12)13)3-6(11)8(7)15-10/h3-4H,1-2H3,(H,12,13). The number of carboxylic acids is 1. The SMILES string of the molecule is CC1(C)Oc2cc(C(=O)O)cc(Cl)c2O1. The minimum atomic E-state index is -1.05. The van der Waals surface area contributed by atoms with Crippen LogP contribution in [0.2, 0.25) is 5.02 Å². The summed E-state index contributed by atoms with van der Waals surface area (Å²) in [4.78, 5) is 10.8. The molecule has 1 aliphatic rings. The van der Waals surface area contributed by atoms with Gasteiger partial charge < -0.3 is 14.6 Å². The van der Waals surface area contributed by atoms with Crippen LogP contribution >= 0.6 is 11.6 Å². The van der Waals surface area contributed by atoms with Gasteiger partial charge in [0.1, 0.15) is 0 Å². The Balaban J connectivity index is 2.51. The molecule has 0 spiro atoms. The van der Waals surface area contributed by atoms with Crippen LogP contribution in [0.5, 0.6) is 11.5 Å². The molecule has 1 heterocycles. The minimum Gasteiger partial charge on any atom is -0.478 e. The highest BCUT2D eigenvalue weighted by Gasteiger charge is 2.34. The van der Waals surface area contributed by atoms with Crippen LogP contribution in [0, 0.1) is 0 Å². The van der Waals surface area contributed by atoms with Crippen molar-refractivity contribution in [1.29, 1.82) is 0 Å². The number of hydrogen-bond acceptors (Lipinski definition) is 3. The zero-order chi connectivity index (χ0) is 11.2. The fourth-order valence-corrected chi connectivity index (χ4v) is 1.65. The zero-order valence-electron chi connectivity index (χ0n) is 8.20. The van der Waals surface area contributed by atoms with Gasteiger partial charge in [-0.3, -0.25) is 0 Å². The van der Waals surface area contributed by atoms with E-state index in [9.17, 15) is 4.79 Å². The molecule has 0 amide bonds. The molecule has 0 fully saturated rings. The topological polar surface area (TPSA) is 55.8 Å². The van der Waals surface area contributed by atoms with Gasteiger partial charge in [-0.15, -0.1) is 0 Å². The van der Waals surface area contributed by atoms with Crippen LogP contribution in [0.4, 0.5) is 0 Å². The van der Waals surface area contributed by atoms with E-state index in [2.05, 4.69) is 0 Å². The Morgan fingerprint density at radius 2 is 2.07 bits per heavy atom. The summed E-state index contributed by atoms with van der Waals surface area (Å²) in [5, 5.41) is 9.06. The molecule has 1 aromatic carbocycles. The predicted molar refractivity (Wildman–Crippen MR) is 53.7 cm³/mol. The van der Waals surface area contributed by atoms with Crippen LogP contribution in [-0.4, -0.2) is 16.9 Å². The fraction of sp³-hybridized carbons (Fsp3) is 0.300. The van der Waals surface area contributed by atoms with Gasteiger partial charge in [0.05, 0.1) is 10.6 Å². The van der Waals surface area contributed by atoms with Crippen molar-refractivity contribution in [2.75, 3.05) is 0 Å².